The number of piperazine rings is 2. The topological polar surface area (TPSA) is 59.1 Å². The fraction of sp³-hybridized carbons (Fsp3) is 0.714. The zero-order valence-electron chi connectivity index (χ0n) is 18.3. The van der Waals surface area contributed by atoms with Gasteiger partial charge in [0.1, 0.15) is 0 Å². The lowest BCUT2D eigenvalue weighted by Gasteiger charge is -2.38. The van der Waals surface area contributed by atoms with Crippen molar-refractivity contribution in [3.05, 3.63) is 21.3 Å². The Balaban J connectivity index is 1.34. The Morgan fingerprint density at radius 2 is 1.50 bits per heavy atom. The minimum Gasteiger partial charge on any atom is -0.350 e. The average molecular weight is 456 g/mol. The molecule has 3 heterocycles. The van der Waals surface area contributed by atoms with Crippen molar-refractivity contribution >= 4 is 34.8 Å². The molecule has 2 amide bonds. The van der Waals surface area contributed by atoms with E-state index in [1.807, 2.05) is 31.7 Å². The predicted octanol–water partition coefficient (Wildman–Crippen LogP) is 1.58. The molecule has 0 atom stereocenters. The second kappa shape index (κ2) is 10.4. The SMILES string of the molecule is CC(C)(C)NC(=O)CN1CCN(C(=O)CN2CCN(Cc3ccc(Cl)s3)CC2)CC1. The molecule has 2 aliphatic heterocycles. The fourth-order valence-electron chi connectivity index (χ4n) is 3.87. The van der Waals surface area contributed by atoms with Crippen LogP contribution in [-0.2, 0) is 16.1 Å². The molecule has 0 aliphatic carbocycles. The van der Waals surface area contributed by atoms with Gasteiger partial charge in [-0.2, -0.15) is 0 Å². The third-order valence-electron chi connectivity index (χ3n) is 5.44. The van der Waals surface area contributed by atoms with Crippen LogP contribution in [0.4, 0.5) is 0 Å². The van der Waals surface area contributed by atoms with Crippen molar-refractivity contribution < 1.29 is 9.59 Å². The first kappa shape index (κ1) is 23.5. The minimum absolute atomic E-state index is 0.0463. The van der Waals surface area contributed by atoms with E-state index in [1.54, 1.807) is 11.3 Å². The molecule has 0 aromatic carbocycles. The molecular weight excluding hydrogens is 422 g/mol. The Bertz CT molecular complexity index is 719. The third-order valence-corrected chi connectivity index (χ3v) is 6.65. The molecular formula is C21H34ClN5O2S. The second-order valence-electron chi connectivity index (χ2n) is 9.21. The van der Waals surface area contributed by atoms with E-state index in [0.717, 1.165) is 50.1 Å². The highest BCUT2D eigenvalue weighted by molar-refractivity contribution is 7.16. The van der Waals surface area contributed by atoms with Crippen molar-refractivity contribution in [3.63, 3.8) is 0 Å². The Morgan fingerprint density at radius 3 is 2.07 bits per heavy atom. The highest BCUT2D eigenvalue weighted by Crippen LogP contribution is 2.23. The van der Waals surface area contributed by atoms with E-state index >= 15 is 0 Å². The summed E-state index contributed by atoms with van der Waals surface area (Å²) in [5.41, 5.74) is -0.213. The van der Waals surface area contributed by atoms with Gasteiger partial charge < -0.3 is 10.2 Å². The van der Waals surface area contributed by atoms with E-state index in [9.17, 15) is 9.59 Å². The van der Waals surface area contributed by atoms with Crippen LogP contribution < -0.4 is 5.32 Å². The van der Waals surface area contributed by atoms with E-state index < -0.39 is 0 Å². The Kier molecular flexibility index (Phi) is 8.15. The van der Waals surface area contributed by atoms with Crippen LogP contribution in [0.25, 0.3) is 0 Å². The monoisotopic (exact) mass is 455 g/mol. The normalized spacial score (nSPS) is 19.8. The van der Waals surface area contributed by atoms with E-state index in [0.29, 0.717) is 26.2 Å². The zero-order chi connectivity index (χ0) is 21.7. The summed E-state index contributed by atoms with van der Waals surface area (Å²) in [5.74, 6) is 0.247. The smallest absolute Gasteiger partial charge is 0.236 e. The molecule has 2 saturated heterocycles. The van der Waals surface area contributed by atoms with Gasteiger partial charge in [-0.25, -0.2) is 0 Å². The van der Waals surface area contributed by atoms with Crippen LogP contribution in [0, 0.1) is 0 Å². The number of hydrogen-bond acceptors (Lipinski definition) is 6. The van der Waals surface area contributed by atoms with Gasteiger partial charge in [0.15, 0.2) is 0 Å². The fourth-order valence-corrected chi connectivity index (χ4v) is 5.00. The molecule has 0 radical (unpaired) electrons. The number of thiophene rings is 1. The van der Waals surface area contributed by atoms with E-state index in [1.165, 1.54) is 4.88 Å². The van der Waals surface area contributed by atoms with Crippen molar-refractivity contribution in [2.24, 2.45) is 0 Å². The van der Waals surface area contributed by atoms with E-state index in [-0.39, 0.29) is 17.4 Å². The van der Waals surface area contributed by atoms with E-state index in [2.05, 4.69) is 26.1 Å². The van der Waals surface area contributed by atoms with Gasteiger partial charge in [-0.1, -0.05) is 11.6 Å². The molecule has 7 nitrogen and oxygen atoms in total. The molecule has 2 aliphatic rings. The molecule has 3 rings (SSSR count). The first-order valence-corrected chi connectivity index (χ1v) is 11.9. The highest BCUT2D eigenvalue weighted by Gasteiger charge is 2.26. The molecule has 2 fully saturated rings. The van der Waals surface area contributed by atoms with Crippen molar-refractivity contribution in [2.75, 3.05) is 65.4 Å². The van der Waals surface area contributed by atoms with Crippen LogP contribution in [0.5, 0.6) is 0 Å². The number of carbonyl (C=O) groups is 2. The maximum absolute atomic E-state index is 12.7. The maximum Gasteiger partial charge on any atom is 0.236 e. The molecule has 0 bridgehead atoms. The largest absolute Gasteiger partial charge is 0.350 e. The summed E-state index contributed by atoms with van der Waals surface area (Å²) in [6, 6.07) is 4.04. The molecule has 168 valence electrons. The first-order valence-electron chi connectivity index (χ1n) is 10.7. The van der Waals surface area contributed by atoms with Crippen molar-refractivity contribution in [2.45, 2.75) is 32.9 Å². The Labute approximate surface area is 188 Å². The molecule has 0 unspecified atom stereocenters. The predicted molar refractivity (Wildman–Crippen MR) is 122 cm³/mol. The van der Waals surface area contributed by atoms with Crippen molar-refractivity contribution in [1.29, 1.82) is 0 Å². The van der Waals surface area contributed by atoms with Gasteiger partial charge in [-0.3, -0.25) is 24.3 Å². The van der Waals surface area contributed by atoms with Gasteiger partial charge in [0.25, 0.3) is 0 Å². The van der Waals surface area contributed by atoms with Crippen molar-refractivity contribution in [1.82, 2.24) is 24.9 Å². The molecule has 0 saturated carbocycles. The van der Waals surface area contributed by atoms with E-state index in [4.69, 9.17) is 11.6 Å². The Morgan fingerprint density at radius 1 is 0.933 bits per heavy atom. The number of amides is 2. The molecule has 1 aromatic heterocycles. The molecule has 9 heteroatoms. The number of carbonyl (C=O) groups excluding carboxylic acids is 2. The van der Waals surface area contributed by atoms with Crippen LogP contribution >= 0.6 is 22.9 Å². The summed E-state index contributed by atoms with van der Waals surface area (Å²) in [7, 11) is 0. The molecule has 0 spiro atoms. The lowest BCUT2D eigenvalue weighted by atomic mass is 10.1. The summed E-state index contributed by atoms with van der Waals surface area (Å²) < 4.78 is 0.837. The standard InChI is InChI=1S/C21H34ClN5O2S/c1-21(2,3)23-19(28)15-25-10-12-27(13-11-25)20(29)16-26-8-6-24(7-9-26)14-17-4-5-18(22)30-17/h4-5H,6-16H2,1-3H3,(H,23,28). The van der Waals surface area contributed by atoms with Crippen LogP contribution in [0.3, 0.4) is 0 Å². The average Bonchev–Trinajstić information content (AvgIpc) is 3.07. The second-order valence-corrected chi connectivity index (χ2v) is 11.0. The molecule has 30 heavy (non-hydrogen) atoms. The zero-order valence-corrected chi connectivity index (χ0v) is 19.9. The number of halogens is 1. The first-order chi connectivity index (χ1) is 14.2. The van der Waals surface area contributed by atoms with Crippen LogP contribution in [0.2, 0.25) is 4.34 Å². The summed E-state index contributed by atoms with van der Waals surface area (Å²) in [5, 5.41) is 3.00. The quantitative estimate of drug-likeness (QED) is 0.705. The summed E-state index contributed by atoms with van der Waals surface area (Å²) in [4.78, 5) is 34.8. The van der Waals surface area contributed by atoms with Gasteiger partial charge in [0, 0.05) is 69.3 Å². The minimum atomic E-state index is -0.213. The Hall–Kier alpha value is -1.19. The summed E-state index contributed by atoms with van der Waals surface area (Å²) in [6.07, 6.45) is 0. The number of nitrogens with one attached hydrogen (secondary N) is 1. The van der Waals surface area contributed by atoms with Gasteiger partial charge in [-0.15, -0.1) is 11.3 Å². The number of rotatable bonds is 6. The van der Waals surface area contributed by atoms with Crippen LogP contribution in [-0.4, -0.2) is 102 Å². The van der Waals surface area contributed by atoms with Gasteiger partial charge in [-0.05, 0) is 32.9 Å². The summed E-state index contributed by atoms with van der Waals surface area (Å²) in [6.45, 7) is 14.4. The molecule has 1 aromatic rings. The van der Waals surface area contributed by atoms with Crippen molar-refractivity contribution in [3.8, 4) is 0 Å². The number of hydrogen-bond donors (Lipinski definition) is 1. The lowest BCUT2D eigenvalue weighted by Crippen LogP contribution is -2.55. The number of nitrogens with zero attached hydrogens (tertiary/aromatic N) is 4. The summed E-state index contributed by atoms with van der Waals surface area (Å²) >= 11 is 7.66. The lowest BCUT2D eigenvalue weighted by molar-refractivity contribution is -0.135. The van der Waals surface area contributed by atoms with Gasteiger partial charge >= 0.3 is 0 Å². The van der Waals surface area contributed by atoms with Crippen LogP contribution in [0.1, 0.15) is 25.6 Å². The third kappa shape index (κ3) is 7.50. The molecule has 1 N–H and O–H groups in total. The maximum atomic E-state index is 12.7. The highest BCUT2D eigenvalue weighted by atomic mass is 35.5. The van der Waals surface area contributed by atoms with Crippen LogP contribution in [0.15, 0.2) is 12.1 Å². The van der Waals surface area contributed by atoms with Gasteiger partial charge in [0.05, 0.1) is 17.4 Å². The van der Waals surface area contributed by atoms with Gasteiger partial charge in [0.2, 0.25) is 11.8 Å².